The average Bonchev–Trinajstić information content (AvgIpc) is 3.61. The van der Waals surface area contributed by atoms with Crippen molar-refractivity contribution in [3.8, 4) is 0 Å². The molecule has 0 radical (unpaired) electrons. The lowest BCUT2D eigenvalue weighted by Gasteiger charge is -2.34. The number of aromatic nitrogens is 2. The van der Waals surface area contributed by atoms with Crippen molar-refractivity contribution in [2.24, 2.45) is 11.8 Å². The van der Waals surface area contributed by atoms with Crippen LogP contribution in [0.4, 0.5) is 5.82 Å². The van der Waals surface area contributed by atoms with Crippen LogP contribution < -0.4 is 11.0 Å². The van der Waals surface area contributed by atoms with Crippen LogP contribution in [0.5, 0.6) is 0 Å². The maximum Gasteiger partial charge on any atom is 0.351 e. The number of fused-ring (bicyclic) bond motifs is 1. The molecule has 35 heavy (non-hydrogen) atoms. The van der Waals surface area contributed by atoms with Gasteiger partial charge in [0.15, 0.2) is 0 Å². The zero-order valence-corrected chi connectivity index (χ0v) is 22.2. The molecule has 0 spiro atoms. The Kier molecular flexibility index (Phi) is 7.35. The third-order valence-electron chi connectivity index (χ3n) is 8.26. The van der Waals surface area contributed by atoms with Gasteiger partial charge in [-0.05, 0) is 51.0 Å². The molecule has 0 bridgehead atoms. The fourth-order valence-corrected chi connectivity index (χ4v) is 8.38. The van der Waals surface area contributed by atoms with Gasteiger partial charge in [-0.25, -0.2) is 9.46 Å². The molecule has 6 atom stereocenters. The van der Waals surface area contributed by atoms with Gasteiger partial charge in [-0.15, -0.1) is 0 Å². The Labute approximate surface area is 208 Å². The number of hydrogen-bond donors (Lipinski definition) is 1. The van der Waals surface area contributed by atoms with E-state index in [1.807, 2.05) is 0 Å². The highest BCUT2D eigenvalue weighted by atomic mass is 31.2. The van der Waals surface area contributed by atoms with E-state index in [-0.39, 0.29) is 35.5 Å². The Morgan fingerprint density at radius 1 is 1.31 bits per heavy atom. The second-order valence-corrected chi connectivity index (χ2v) is 12.3. The SMILES string of the molecule is CC[C@H]1O[C@@H](n2ccc(NC(=O)C(C)C)nc2=O)CC1O[P@@]1O[C@](C)(C2CCCC2)[C@@H]2CCCN21. The molecule has 5 rings (SSSR count). The fraction of sp³-hybridized carbons (Fsp3) is 0.800. The molecule has 9 nitrogen and oxygen atoms in total. The lowest BCUT2D eigenvalue weighted by atomic mass is 9.81. The number of carbonyl (C=O) groups excluding carboxylic acids is 1. The molecule has 1 aromatic heterocycles. The normalized spacial score (nSPS) is 35.7. The molecule has 3 saturated heterocycles. The van der Waals surface area contributed by atoms with Crippen molar-refractivity contribution >= 4 is 20.3 Å². The molecular weight excluding hydrogens is 467 g/mol. The van der Waals surface area contributed by atoms with Crippen molar-refractivity contribution in [2.75, 3.05) is 11.9 Å². The second-order valence-electron chi connectivity index (χ2n) is 10.9. The van der Waals surface area contributed by atoms with Gasteiger partial charge in [0.1, 0.15) is 12.0 Å². The monoisotopic (exact) mass is 506 g/mol. The third kappa shape index (κ3) is 4.82. The smallest absolute Gasteiger partial charge is 0.351 e. The molecule has 1 aromatic rings. The number of carbonyl (C=O) groups is 1. The molecule has 1 saturated carbocycles. The number of ether oxygens (including phenoxy) is 1. The van der Waals surface area contributed by atoms with Crippen LogP contribution in [-0.4, -0.2) is 50.5 Å². The van der Waals surface area contributed by atoms with Crippen LogP contribution >= 0.6 is 8.53 Å². The maximum absolute atomic E-state index is 12.8. The Bertz CT molecular complexity index is 983. The quantitative estimate of drug-likeness (QED) is 0.541. The minimum atomic E-state index is -1.15. The first kappa shape index (κ1) is 25.3. The summed E-state index contributed by atoms with van der Waals surface area (Å²) < 4.78 is 23.7. The van der Waals surface area contributed by atoms with E-state index in [1.165, 1.54) is 43.1 Å². The lowest BCUT2D eigenvalue weighted by Crippen LogP contribution is -2.44. The minimum absolute atomic E-state index is 0.113. The topological polar surface area (TPSA) is 94.9 Å². The van der Waals surface area contributed by atoms with E-state index >= 15 is 0 Å². The van der Waals surface area contributed by atoms with Crippen LogP contribution in [0.25, 0.3) is 0 Å². The zero-order valence-electron chi connectivity index (χ0n) is 21.3. The molecule has 0 aromatic carbocycles. The van der Waals surface area contributed by atoms with Gasteiger partial charge in [-0.1, -0.05) is 33.6 Å². The van der Waals surface area contributed by atoms with E-state index in [0.29, 0.717) is 18.4 Å². The number of amides is 1. The summed E-state index contributed by atoms with van der Waals surface area (Å²) in [7, 11) is -1.15. The van der Waals surface area contributed by atoms with Crippen molar-refractivity contribution in [1.82, 2.24) is 14.2 Å². The first-order valence-corrected chi connectivity index (χ1v) is 14.4. The van der Waals surface area contributed by atoms with Gasteiger partial charge in [0, 0.05) is 31.1 Å². The largest absolute Gasteiger partial charge is 0.352 e. The Balaban J connectivity index is 1.28. The molecule has 3 aliphatic heterocycles. The van der Waals surface area contributed by atoms with E-state index in [2.05, 4.69) is 28.8 Å². The molecule has 4 aliphatic rings. The Morgan fingerprint density at radius 3 is 2.77 bits per heavy atom. The number of nitrogens with one attached hydrogen (secondary N) is 1. The maximum atomic E-state index is 12.8. The van der Waals surface area contributed by atoms with Gasteiger partial charge in [-0.3, -0.25) is 9.36 Å². The van der Waals surface area contributed by atoms with E-state index < -0.39 is 20.4 Å². The highest BCUT2D eigenvalue weighted by molar-refractivity contribution is 7.45. The molecule has 1 amide bonds. The molecule has 4 fully saturated rings. The van der Waals surface area contributed by atoms with Gasteiger partial charge in [0.2, 0.25) is 5.91 Å². The van der Waals surface area contributed by atoms with Crippen molar-refractivity contribution in [1.29, 1.82) is 0 Å². The fourth-order valence-electron chi connectivity index (χ4n) is 6.17. The molecule has 10 heteroatoms. The van der Waals surface area contributed by atoms with Gasteiger partial charge in [0.25, 0.3) is 8.53 Å². The number of rotatable bonds is 7. The number of anilines is 1. The standard InChI is InChI=1S/C25H39N4O5P/c1-5-18-19(15-22(32-18)28-14-12-21(27-24(28)31)26-23(30)16(2)3)33-35-29-13-8-11-20(29)25(4,34-35)17-9-6-7-10-17/h12,14,16-20,22H,5-11,13,15H2,1-4H3,(H,26,27,30,31)/t18-,19?,20+,22-,25-,35+/m1/s1. The molecular formula is C25H39N4O5P. The van der Waals surface area contributed by atoms with Crippen LogP contribution in [0.15, 0.2) is 17.1 Å². The van der Waals surface area contributed by atoms with Crippen LogP contribution in [0.1, 0.15) is 85.3 Å². The Morgan fingerprint density at radius 2 is 2.09 bits per heavy atom. The van der Waals surface area contributed by atoms with Crippen LogP contribution in [0, 0.1) is 11.8 Å². The summed E-state index contributed by atoms with van der Waals surface area (Å²) in [5, 5.41) is 2.68. The average molecular weight is 507 g/mol. The van der Waals surface area contributed by atoms with E-state index in [9.17, 15) is 9.59 Å². The minimum Gasteiger partial charge on any atom is -0.352 e. The number of hydrogen-bond acceptors (Lipinski definition) is 7. The van der Waals surface area contributed by atoms with E-state index in [0.717, 1.165) is 13.0 Å². The van der Waals surface area contributed by atoms with Crippen LogP contribution in [-0.2, 0) is 18.6 Å². The summed E-state index contributed by atoms with van der Waals surface area (Å²) in [6, 6.07) is 2.09. The van der Waals surface area contributed by atoms with E-state index in [4.69, 9.17) is 13.8 Å². The van der Waals surface area contributed by atoms with Gasteiger partial charge >= 0.3 is 5.69 Å². The zero-order chi connectivity index (χ0) is 24.7. The van der Waals surface area contributed by atoms with Crippen LogP contribution in [0.2, 0.25) is 0 Å². The van der Waals surface area contributed by atoms with Crippen molar-refractivity contribution in [2.45, 2.75) is 109 Å². The number of nitrogens with zero attached hydrogens (tertiary/aromatic N) is 3. The second kappa shape index (κ2) is 10.2. The van der Waals surface area contributed by atoms with Crippen molar-refractivity contribution in [3.63, 3.8) is 0 Å². The van der Waals surface area contributed by atoms with E-state index in [1.54, 1.807) is 26.1 Å². The van der Waals surface area contributed by atoms with Gasteiger partial charge in [-0.2, -0.15) is 4.98 Å². The van der Waals surface area contributed by atoms with Crippen molar-refractivity contribution in [3.05, 3.63) is 22.7 Å². The predicted octanol–water partition coefficient (Wildman–Crippen LogP) is 4.59. The first-order valence-electron chi connectivity index (χ1n) is 13.3. The summed E-state index contributed by atoms with van der Waals surface area (Å²) in [5.74, 6) is 0.510. The molecule has 4 heterocycles. The summed E-state index contributed by atoms with van der Waals surface area (Å²) in [5.41, 5.74) is -0.570. The summed E-state index contributed by atoms with van der Waals surface area (Å²) >= 11 is 0. The van der Waals surface area contributed by atoms with Crippen molar-refractivity contribution < 1.29 is 18.6 Å². The van der Waals surface area contributed by atoms with Gasteiger partial charge in [0.05, 0.1) is 17.8 Å². The summed E-state index contributed by atoms with van der Waals surface area (Å²) in [4.78, 5) is 28.8. The molecule has 1 N–H and O–H groups in total. The Hall–Kier alpha value is -1.38. The van der Waals surface area contributed by atoms with Crippen LogP contribution in [0.3, 0.4) is 0 Å². The highest BCUT2D eigenvalue weighted by Gasteiger charge is 2.58. The molecule has 1 unspecified atom stereocenters. The summed E-state index contributed by atoms with van der Waals surface area (Å²) in [6.45, 7) is 9.01. The molecule has 1 aliphatic carbocycles. The van der Waals surface area contributed by atoms with Gasteiger partial charge < -0.3 is 19.1 Å². The molecule has 194 valence electrons. The third-order valence-corrected chi connectivity index (χ3v) is 10.2. The highest BCUT2D eigenvalue weighted by Crippen LogP contribution is 2.64. The first-order chi connectivity index (χ1) is 16.8. The lowest BCUT2D eigenvalue weighted by molar-refractivity contribution is -0.118. The summed E-state index contributed by atoms with van der Waals surface area (Å²) in [6.07, 6.45) is 9.77. The predicted molar refractivity (Wildman–Crippen MR) is 134 cm³/mol.